The van der Waals surface area contributed by atoms with Crippen LogP contribution in [0.2, 0.25) is 0 Å². The van der Waals surface area contributed by atoms with Gasteiger partial charge in [0.05, 0.1) is 16.9 Å². The number of dihydropyridines is 1. The van der Waals surface area contributed by atoms with Gasteiger partial charge in [0.2, 0.25) is 5.91 Å². The summed E-state index contributed by atoms with van der Waals surface area (Å²) >= 11 is 0. The maximum atomic E-state index is 14.9. The van der Waals surface area contributed by atoms with Gasteiger partial charge >= 0.3 is 6.18 Å². The van der Waals surface area contributed by atoms with Crippen LogP contribution < -0.4 is 15.5 Å². The van der Waals surface area contributed by atoms with E-state index in [1.54, 1.807) is 12.1 Å². The Kier molecular flexibility index (Phi) is 8.10. The van der Waals surface area contributed by atoms with Gasteiger partial charge in [0, 0.05) is 55.6 Å². The summed E-state index contributed by atoms with van der Waals surface area (Å²) in [5.41, 5.74) is -0.0519. The van der Waals surface area contributed by atoms with Crippen LogP contribution in [0.25, 0.3) is 11.1 Å². The molecule has 1 fully saturated rings. The summed E-state index contributed by atoms with van der Waals surface area (Å²) in [4.78, 5) is 44.5. The van der Waals surface area contributed by atoms with Crippen molar-refractivity contribution < 1.29 is 31.9 Å². The van der Waals surface area contributed by atoms with Crippen LogP contribution in [0.4, 0.5) is 28.9 Å². The molecule has 0 radical (unpaired) electrons. The second kappa shape index (κ2) is 11.2. The molecule has 0 spiro atoms. The number of alkyl halides is 3. The highest BCUT2D eigenvalue weighted by Gasteiger charge is 2.43. The molecule has 3 atom stereocenters. The molecule has 2 aliphatic heterocycles. The minimum atomic E-state index is -4.93. The van der Waals surface area contributed by atoms with Crippen molar-refractivity contribution in [3.05, 3.63) is 59.4 Å². The van der Waals surface area contributed by atoms with Gasteiger partial charge in [0.25, 0.3) is 11.8 Å². The van der Waals surface area contributed by atoms with Crippen LogP contribution >= 0.6 is 0 Å². The Labute approximate surface area is 228 Å². The van der Waals surface area contributed by atoms with Gasteiger partial charge in [-0.2, -0.15) is 13.2 Å². The molecule has 0 bridgehead atoms. The van der Waals surface area contributed by atoms with E-state index in [0.717, 1.165) is 6.07 Å². The number of anilines is 2. The Morgan fingerprint density at radius 3 is 2.35 bits per heavy atom. The van der Waals surface area contributed by atoms with Crippen molar-refractivity contribution in [1.82, 2.24) is 10.2 Å². The average Bonchev–Trinajstić information content (AvgIpc) is 2.90. The fourth-order valence-electron chi connectivity index (χ4n) is 4.88. The molecule has 2 aromatic rings. The second-order valence-corrected chi connectivity index (χ2v) is 9.95. The Balaban J connectivity index is 1.78. The Bertz CT molecular complexity index is 1390. The highest BCUT2D eigenvalue weighted by Crippen LogP contribution is 2.37. The molecule has 12 heteroatoms. The van der Waals surface area contributed by atoms with Crippen LogP contribution in [-0.2, 0) is 9.59 Å². The SMILES string of the molecule is CNC(=O)c1ccc(F)c(-c2ccc(N3C[C@@H](C)N(C)[C@@H](C)C3)c(NC(=O)C3C=NC(=O)C=C3C(F)(F)F)c2)c1. The Morgan fingerprint density at radius 1 is 1.05 bits per heavy atom. The minimum absolute atomic E-state index is 0.0731. The fourth-order valence-corrected chi connectivity index (χ4v) is 4.88. The van der Waals surface area contributed by atoms with Crippen LogP contribution in [0.5, 0.6) is 0 Å². The number of likely N-dealkylation sites (N-methyl/N-ethyl adjacent to an activating group) is 1. The van der Waals surface area contributed by atoms with Crippen molar-refractivity contribution in [1.29, 1.82) is 0 Å². The molecule has 2 aliphatic rings. The molecule has 0 aromatic heterocycles. The number of halogens is 4. The van der Waals surface area contributed by atoms with Gasteiger partial charge in [-0.1, -0.05) is 6.07 Å². The van der Waals surface area contributed by atoms with Gasteiger partial charge in [0.15, 0.2) is 0 Å². The number of nitrogens with one attached hydrogen (secondary N) is 2. The number of nitrogens with zero attached hydrogens (tertiary/aromatic N) is 3. The number of hydrogen-bond donors (Lipinski definition) is 2. The van der Waals surface area contributed by atoms with Gasteiger partial charge in [-0.05, 0) is 56.8 Å². The van der Waals surface area contributed by atoms with Crippen LogP contribution in [0.15, 0.2) is 53.0 Å². The number of carbonyl (C=O) groups is 3. The van der Waals surface area contributed by atoms with Gasteiger partial charge in [-0.25, -0.2) is 9.38 Å². The zero-order valence-electron chi connectivity index (χ0n) is 22.3. The number of aliphatic imine (C=N–C) groups is 1. The minimum Gasteiger partial charge on any atom is -0.367 e. The van der Waals surface area contributed by atoms with Crippen LogP contribution in [-0.4, -0.2) is 74.3 Å². The van der Waals surface area contributed by atoms with E-state index in [-0.39, 0.29) is 28.9 Å². The lowest BCUT2D eigenvalue weighted by atomic mass is 9.95. The molecule has 3 amide bonds. The molecule has 2 N–H and O–H groups in total. The van der Waals surface area contributed by atoms with Gasteiger partial charge in [-0.3, -0.25) is 19.3 Å². The maximum Gasteiger partial charge on any atom is 0.414 e. The zero-order chi connectivity index (χ0) is 29.4. The quantitative estimate of drug-likeness (QED) is 0.540. The first kappa shape index (κ1) is 28.9. The molecule has 212 valence electrons. The summed E-state index contributed by atoms with van der Waals surface area (Å²) < 4.78 is 55.9. The van der Waals surface area contributed by atoms with Crippen molar-refractivity contribution in [2.75, 3.05) is 37.4 Å². The third-order valence-corrected chi connectivity index (χ3v) is 7.30. The standard InChI is InChI=1S/C28H29F4N5O3/c1-15-13-37(14-16(2)36(15)4)24-8-6-17(19-9-18(26(39)33-3)5-7-22(19)29)10-23(24)35-27(40)20-12-34-25(38)11-21(20)28(30,31)32/h5-12,15-16,20H,13-14H2,1-4H3,(H,33,39)(H,35,40)/t15-,16+,20?. The predicted molar refractivity (Wildman–Crippen MR) is 144 cm³/mol. The number of amides is 3. The topological polar surface area (TPSA) is 94.1 Å². The van der Waals surface area contributed by atoms with E-state index < -0.39 is 41.2 Å². The molecule has 8 nitrogen and oxygen atoms in total. The molecular weight excluding hydrogens is 530 g/mol. The first-order chi connectivity index (χ1) is 18.8. The normalized spacial score (nSPS) is 21.7. The number of benzene rings is 2. The van der Waals surface area contributed by atoms with E-state index in [1.165, 1.54) is 25.2 Å². The predicted octanol–water partition coefficient (Wildman–Crippen LogP) is 4.04. The van der Waals surface area contributed by atoms with E-state index in [4.69, 9.17) is 0 Å². The molecule has 40 heavy (non-hydrogen) atoms. The smallest absolute Gasteiger partial charge is 0.367 e. The summed E-state index contributed by atoms with van der Waals surface area (Å²) in [6, 6.07) is 8.86. The second-order valence-electron chi connectivity index (χ2n) is 9.95. The third kappa shape index (κ3) is 5.91. The van der Waals surface area contributed by atoms with Crippen LogP contribution in [0.1, 0.15) is 24.2 Å². The summed E-state index contributed by atoms with van der Waals surface area (Å²) in [6.45, 7) is 5.20. The summed E-state index contributed by atoms with van der Waals surface area (Å²) in [5, 5.41) is 5.05. The molecule has 0 aliphatic carbocycles. The lowest BCUT2D eigenvalue weighted by molar-refractivity contribution is -0.124. The van der Waals surface area contributed by atoms with E-state index in [0.29, 0.717) is 36.6 Å². The number of carbonyl (C=O) groups excluding carboxylic acids is 3. The molecular formula is C28H29F4N5O3. The van der Waals surface area contributed by atoms with Crippen molar-refractivity contribution >= 4 is 35.3 Å². The van der Waals surface area contributed by atoms with E-state index in [9.17, 15) is 31.9 Å². The molecule has 1 unspecified atom stereocenters. The van der Waals surface area contributed by atoms with E-state index in [1.807, 2.05) is 25.8 Å². The lowest BCUT2D eigenvalue weighted by Gasteiger charge is -2.44. The Hall–Kier alpha value is -4.06. The molecule has 0 saturated carbocycles. The van der Waals surface area contributed by atoms with Crippen molar-refractivity contribution in [2.45, 2.75) is 32.1 Å². The number of hydrogen-bond acceptors (Lipinski definition) is 5. The number of piperazine rings is 1. The largest absolute Gasteiger partial charge is 0.414 e. The van der Waals surface area contributed by atoms with Gasteiger partial charge in [0.1, 0.15) is 11.7 Å². The number of rotatable bonds is 5. The first-order valence-electron chi connectivity index (χ1n) is 12.6. The van der Waals surface area contributed by atoms with E-state index in [2.05, 4.69) is 20.5 Å². The summed E-state index contributed by atoms with van der Waals surface area (Å²) in [6.07, 6.45) is -3.94. The highest BCUT2D eigenvalue weighted by molar-refractivity contribution is 6.11. The molecule has 4 rings (SSSR count). The Morgan fingerprint density at radius 2 is 1.73 bits per heavy atom. The van der Waals surface area contributed by atoms with Crippen molar-refractivity contribution in [3.63, 3.8) is 0 Å². The lowest BCUT2D eigenvalue weighted by Crippen LogP contribution is -2.55. The average molecular weight is 560 g/mol. The van der Waals surface area contributed by atoms with Crippen molar-refractivity contribution in [3.8, 4) is 11.1 Å². The molecule has 1 saturated heterocycles. The fraction of sp³-hybridized carbons (Fsp3) is 0.357. The molecule has 2 heterocycles. The van der Waals surface area contributed by atoms with Crippen LogP contribution in [0, 0.1) is 11.7 Å². The zero-order valence-corrected chi connectivity index (χ0v) is 22.3. The monoisotopic (exact) mass is 559 g/mol. The third-order valence-electron chi connectivity index (χ3n) is 7.30. The maximum absolute atomic E-state index is 14.9. The first-order valence-corrected chi connectivity index (χ1v) is 12.6. The van der Waals surface area contributed by atoms with Crippen molar-refractivity contribution in [2.24, 2.45) is 10.9 Å². The van der Waals surface area contributed by atoms with E-state index >= 15 is 0 Å². The van der Waals surface area contributed by atoms with Crippen LogP contribution in [0.3, 0.4) is 0 Å². The summed E-state index contributed by atoms with van der Waals surface area (Å²) in [7, 11) is 3.44. The van der Waals surface area contributed by atoms with Gasteiger partial charge in [-0.15, -0.1) is 0 Å². The molecule has 2 aromatic carbocycles. The summed E-state index contributed by atoms with van der Waals surface area (Å²) in [5.74, 6) is -5.06. The van der Waals surface area contributed by atoms with Gasteiger partial charge < -0.3 is 15.5 Å². The highest BCUT2D eigenvalue weighted by atomic mass is 19.4.